The molecule has 2 aromatic carbocycles. The van der Waals surface area contributed by atoms with Crippen molar-refractivity contribution in [1.82, 2.24) is 5.32 Å². The fourth-order valence-corrected chi connectivity index (χ4v) is 4.20. The summed E-state index contributed by atoms with van der Waals surface area (Å²) in [5.74, 6) is 1.01. The van der Waals surface area contributed by atoms with Gasteiger partial charge in [0.05, 0.1) is 25.4 Å². The number of halogens is 2. The van der Waals surface area contributed by atoms with Crippen molar-refractivity contribution in [3.8, 4) is 11.5 Å². The maximum absolute atomic E-state index is 14.1. The monoisotopic (exact) mass is 452 g/mol. The van der Waals surface area contributed by atoms with Crippen LogP contribution >= 0.6 is 28.1 Å². The van der Waals surface area contributed by atoms with E-state index in [2.05, 4.69) is 26.6 Å². The summed E-state index contributed by atoms with van der Waals surface area (Å²) in [6, 6.07) is 10.8. The van der Waals surface area contributed by atoms with Gasteiger partial charge in [-0.25, -0.2) is 4.39 Å². The van der Waals surface area contributed by atoms with Gasteiger partial charge in [-0.3, -0.25) is 0 Å². The van der Waals surface area contributed by atoms with Gasteiger partial charge in [-0.1, -0.05) is 34.8 Å². The molecule has 7 heteroatoms. The van der Waals surface area contributed by atoms with Gasteiger partial charge in [0, 0.05) is 4.47 Å². The number of hydrogen-bond acceptors (Lipinski definition) is 3. The van der Waals surface area contributed by atoms with Crippen LogP contribution in [-0.2, 0) is 5.54 Å². The third kappa shape index (κ3) is 4.35. The number of benzene rings is 2. The van der Waals surface area contributed by atoms with Gasteiger partial charge in [-0.05, 0) is 61.0 Å². The molecule has 0 aromatic heterocycles. The van der Waals surface area contributed by atoms with Crippen LogP contribution in [0, 0.1) is 5.82 Å². The topological polar surface area (TPSA) is 42.5 Å². The molecule has 2 aromatic rings. The highest BCUT2D eigenvalue weighted by atomic mass is 79.9. The van der Waals surface area contributed by atoms with Crippen molar-refractivity contribution >= 4 is 38.9 Å². The van der Waals surface area contributed by atoms with Gasteiger partial charge in [0.1, 0.15) is 5.82 Å². The summed E-state index contributed by atoms with van der Waals surface area (Å²) in [6.07, 6.45) is 4.06. The number of ether oxygens (including phenoxy) is 2. The number of nitrogens with one attached hydrogen (secondary N) is 2. The SMILES string of the molecule is COc1ccc(C2(NC(=S)Nc3ccc(Br)cc3F)CCCC2)cc1OC. The van der Waals surface area contributed by atoms with Crippen LogP contribution in [-0.4, -0.2) is 19.3 Å². The van der Waals surface area contributed by atoms with Crippen LogP contribution in [0.4, 0.5) is 10.1 Å². The molecule has 0 atom stereocenters. The summed E-state index contributed by atoms with van der Waals surface area (Å²) >= 11 is 8.75. The first kappa shape index (κ1) is 19.9. The minimum atomic E-state index is -0.361. The molecule has 1 fully saturated rings. The molecule has 1 aliphatic rings. The van der Waals surface area contributed by atoms with E-state index in [0.717, 1.165) is 31.2 Å². The Bertz CT molecular complexity index is 841. The minimum Gasteiger partial charge on any atom is -0.493 e. The van der Waals surface area contributed by atoms with Gasteiger partial charge in [-0.15, -0.1) is 0 Å². The van der Waals surface area contributed by atoms with Crippen LogP contribution in [0.25, 0.3) is 0 Å². The van der Waals surface area contributed by atoms with E-state index in [1.54, 1.807) is 26.4 Å². The van der Waals surface area contributed by atoms with E-state index in [1.165, 1.54) is 6.07 Å². The fourth-order valence-electron chi connectivity index (χ4n) is 3.56. The van der Waals surface area contributed by atoms with Crippen molar-refractivity contribution in [1.29, 1.82) is 0 Å². The zero-order chi connectivity index (χ0) is 19.4. The molecule has 3 rings (SSSR count). The molecule has 4 nitrogen and oxygen atoms in total. The number of anilines is 1. The highest BCUT2D eigenvalue weighted by Gasteiger charge is 2.37. The normalized spacial score (nSPS) is 15.3. The number of rotatable bonds is 5. The van der Waals surface area contributed by atoms with Gasteiger partial charge in [0.2, 0.25) is 0 Å². The van der Waals surface area contributed by atoms with Crippen molar-refractivity contribution in [3.63, 3.8) is 0 Å². The van der Waals surface area contributed by atoms with E-state index in [4.69, 9.17) is 21.7 Å². The molecule has 0 aliphatic heterocycles. The molecular formula is C20H22BrFN2O2S. The largest absolute Gasteiger partial charge is 0.493 e. The van der Waals surface area contributed by atoms with Gasteiger partial charge in [0.25, 0.3) is 0 Å². The first-order valence-electron chi connectivity index (χ1n) is 8.74. The lowest BCUT2D eigenvalue weighted by molar-refractivity contribution is 0.350. The summed E-state index contributed by atoms with van der Waals surface area (Å²) < 4.78 is 25.6. The van der Waals surface area contributed by atoms with E-state index in [1.807, 2.05) is 18.2 Å². The van der Waals surface area contributed by atoms with Crippen LogP contribution < -0.4 is 20.1 Å². The van der Waals surface area contributed by atoms with Gasteiger partial charge in [0.15, 0.2) is 16.6 Å². The molecule has 1 saturated carbocycles. The van der Waals surface area contributed by atoms with Gasteiger partial charge < -0.3 is 20.1 Å². The van der Waals surface area contributed by atoms with Crippen LogP contribution in [0.5, 0.6) is 11.5 Å². The van der Waals surface area contributed by atoms with Crippen molar-refractivity contribution in [2.24, 2.45) is 0 Å². The van der Waals surface area contributed by atoms with Gasteiger partial charge in [-0.2, -0.15) is 0 Å². The first-order chi connectivity index (χ1) is 13.0. The summed E-state index contributed by atoms with van der Waals surface area (Å²) in [5, 5.41) is 6.81. The van der Waals surface area contributed by atoms with E-state index in [-0.39, 0.29) is 11.4 Å². The first-order valence-corrected chi connectivity index (χ1v) is 9.94. The quantitative estimate of drug-likeness (QED) is 0.597. The lowest BCUT2D eigenvalue weighted by atomic mass is 9.88. The highest BCUT2D eigenvalue weighted by Crippen LogP contribution is 2.41. The maximum Gasteiger partial charge on any atom is 0.171 e. The Hall–Kier alpha value is -1.86. The average Bonchev–Trinajstić information content (AvgIpc) is 3.13. The zero-order valence-electron chi connectivity index (χ0n) is 15.3. The molecule has 0 bridgehead atoms. The van der Waals surface area contributed by atoms with Crippen molar-refractivity contribution in [2.75, 3.05) is 19.5 Å². The van der Waals surface area contributed by atoms with Crippen molar-refractivity contribution in [2.45, 2.75) is 31.2 Å². The molecule has 27 heavy (non-hydrogen) atoms. The molecule has 144 valence electrons. The smallest absolute Gasteiger partial charge is 0.171 e. The molecule has 0 amide bonds. The second-order valence-electron chi connectivity index (χ2n) is 6.56. The molecule has 0 saturated heterocycles. The minimum absolute atomic E-state index is 0.310. The van der Waals surface area contributed by atoms with E-state index in [0.29, 0.717) is 26.8 Å². The third-order valence-electron chi connectivity index (χ3n) is 4.93. The zero-order valence-corrected chi connectivity index (χ0v) is 17.7. The summed E-state index contributed by atoms with van der Waals surface area (Å²) in [4.78, 5) is 0. The number of hydrogen-bond donors (Lipinski definition) is 2. The average molecular weight is 453 g/mol. The molecule has 0 heterocycles. The molecule has 2 N–H and O–H groups in total. The molecule has 0 unspecified atom stereocenters. The molecule has 1 aliphatic carbocycles. The van der Waals surface area contributed by atoms with Crippen LogP contribution in [0.2, 0.25) is 0 Å². The van der Waals surface area contributed by atoms with Gasteiger partial charge >= 0.3 is 0 Å². The summed E-state index contributed by atoms with van der Waals surface area (Å²) in [5.41, 5.74) is 1.12. The second kappa shape index (κ2) is 8.44. The van der Waals surface area contributed by atoms with E-state index < -0.39 is 0 Å². The lowest BCUT2D eigenvalue weighted by Crippen LogP contribution is -2.45. The van der Waals surface area contributed by atoms with Crippen LogP contribution in [0.1, 0.15) is 31.2 Å². The number of thiocarbonyl (C=S) groups is 1. The Morgan fingerprint density at radius 1 is 1.07 bits per heavy atom. The highest BCUT2D eigenvalue weighted by molar-refractivity contribution is 9.10. The Labute approximate surface area is 172 Å². The van der Waals surface area contributed by atoms with E-state index in [9.17, 15) is 4.39 Å². The Morgan fingerprint density at radius 2 is 1.78 bits per heavy atom. The maximum atomic E-state index is 14.1. The fraction of sp³-hybridized carbons (Fsp3) is 0.350. The van der Waals surface area contributed by atoms with Crippen molar-refractivity contribution < 1.29 is 13.9 Å². The van der Waals surface area contributed by atoms with E-state index >= 15 is 0 Å². The summed E-state index contributed by atoms with van der Waals surface area (Å²) in [6.45, 7) is 0. The molecule has 0 radical (unpaired) electrons. The van der Waals surface area contributed by atoms with Crippen LogP contribution in [0.3, 0.4) is 0 Å². The van der Waals surface area contributed by atoms with Crippen LogP contribution in [0.15, 0.2) is 40.9 Å². The predicted octanol–water partition coefficient (Wildman–Crippen LogP) is 5.36. The van der Waals surface area contributed by atoms with Crippen molar-refractivity contribution in [3.05, 3.63) is 52.3 Å². The third-order valence-corrected chi connectivity index (χ3v) is 5.62. The molecular weight excluding hydrogens is 431 g/mol. The Kier molecular flexibility index (Phi) is 6.22. The second-order valence-corrected chi connectivity index (χ2v) is 7.89. The Balaban J connectivity index is 1.83. The number of methoxy groups -OCH3 is 2. The predicted molar refractivity (Wildman–Crippen MR) is 113 cm³/mol. The molecule has 0 spiro atoms. The standard InChI is InChI=1S/C20H22BrFN2O2S/c1-25-17-8-5-13(11-18(17)26-2)20(9-3-4-10-20)24-19(27)23-16-7-6-14(21)12-15(16)22/h5-8,11-12H,3-4,9-10H2,1-2H3,(H2,23,24,27). The lowest BCUT2D eigenvalue weighted by Gasteiger charge is -2.33. The summed E-state index contributed by atoms with van der Waals surface area (Å²) in [7, 11) is 3.24. The Morgan fingerprint density at radius 3 is 2.41 bits per heavy atom.